The zero-order chi connectivity index (χ0) is 17.3. The first-order valence-electron chi connectivity index (χ1n) is 7.82. The minimum Gasteiger partial charge on any atom is -0.324 e. The molecular formula is C17H21N3O3S. The molecule has 0 spiro atoms. The monoisotopic (exact) mass is 347 g/mol. The maximum Gasteiger partial charge on any atom is 0.268 e. The maximum atomic E-state index is 13.0. The van der Waals surface area contributed by atoms with Gasteiger partial charge in [-0.1, -0.05) is 6.07 Å². The van der Waals surface area contributed by atoms with Gasteiger partial charge in [-0.15, -0.1) is 0 Å². The van der Waals surface area contributed by atoms with Gasteiger partial charge >= 0.3 is 0 Å². The van der Waals surface area contributed by atoms with Gasteiger partial charge in [-0.3, -0.25) is 9.80 Å². The average molecular weight is 347 g/mol. The Bertz CT molecular complexity index is 829. The molecule has 1 fully saturated rings. The van der Waals surface area contributed by atoms with Gasteiger partial charge in [-0.2, -0.15) is 0 Å². The Morgan fingerprint density at radius 2 is 1.88 bits per heavy atom. The molecular weight excluding hydrogens is 326 g/mol. The van der Waals surface area contributed by atoms with Crippen molar-refractivity contribution in [1.82, 2.24) is 14.6 Å². The number of hydrogen-bond acceptors (Lipinski definition) is 4. The molecule has 1 aromatic carbocycles. The molecule has 2 aromatic rings. The van der Waals surface area contributed by atoms with Crippen LogP contribution in [0.2, 0.25) is 0 Å². The van der Waals surface area contributed by atoms with Crippen molar-refractivity contribution in [2.75, 3.05) is 25.6 Å². The second kappa shape index (κ2) is 6.41. The topological polar surface area (TPSA) is 62.6 Å². The van der Waals surface area contributed by atoms with E-state index >= 15 is 0 Å². The largest absolute Gasteiger partial charge is 0.324 e. The highest BCUT2D eigenvalue weighted by Crippen LogP contribution is 2.21. The molecule has 6 nitrogen and oxygen atoms in total. The van der Waals surface area contributed by atoms with Crippen molar-refractivity contribution in [2.45, 2.75) is 12.5 Å². The minimum absolute atomic E-state index is 0.0220. The molecule has 2 heterocycles. The summed E-state index contributed by atoms with van der Waals surface area (Å²) in [6.07, 6.45) is 4.30. The second-order valence-corrected chi connectivity index (χ2v) is 8.42. The molecule has 1 aromatic heterocycles. The number of aromatic nitrogens is 1. The summed E-state index contributed by atoms with van der Waals surface area (Å²) >= 11 is 0. The molecule has 0 saturated carbocycles. The first-order chi connectivity index (χ1) is 11.4. The number of carbonyl (C=O) groups is 1. The summed E-state index contributed by atoms with van der Waals surface area (Å²) in [5.74, 6) is -0.0245. The van der Waals surface area contributed by atoms with Crippen molar-refractivity contribution >= 4 is 15.7 Å². The molecule has 0 aliphatic carbocycles. The number of carbonyl (C=O) groups excluding carboxylic acids is 1. The van der Waals surface area contributed by atoms with Crippen molar-refractivity contribution in [3.05, 3.63) is 54.4 Å². The number of nitrogens with zero attached hydrogens (tertiary/aromatic N) is 3. The van der Waals surface area contributed by atoms with E-state index in [1.54, 1.807) is 30.2 Å². The zero-order valence-corrected chi connectivity index (χ0v) is 14.6. The lowest BCUT2D eigenvalue weighted by Crippen LogP contribution is -2.49. The fourth-order valence-corrected chi connectivity index (χ4v) is 4.77. The number of hydrazine groups is 1. The number of sulfone groups is 1. The van der Waals surface area contributed by atoms with Gasteiger partial charge in [0, 0.05) is 37.7 Å². The van der Waals surface area contributed by atoms with Crippen molar-refractivity contribution in [3.63, 3.8) is 0 Å². The molecule has 24 heavy (non-hydrogen) atoms. The zero-order valence-electron chi connectivity index (χ0n) is 13.8. The minimum atomic E-state index is -3.06. The Kier molecular flexibility index (Phi) is 4.47. The quantitative estimate of drug-likeness (QED) is 0.788. The van der Waals surface area contributed by atoms with Gasteiger partial charge in [-0.25, -0.2) is 13.4 Å². The Morgan fingerprint density at radius 1 is 1.17 bits per heavy atom. The van der Waals surface area contributed by atoms with Crippen LogP contribution in [-0.2, 0) is 9.84 Å². The van der Waals surface area contributed by atoms with E-state index in [2.05, 4.69) is 0 Å². The Labute approximate surface area is 142 Å². The van der Waals surface area contributed by atoms with E-state index in [1.807, 2.05) is 47.3 Å². The predicted molar refractivity (Wildman–Crippen MR) is 92.7 cm³/mol. The van der Waals surface area contributed by atoms with Crippen LogP contribution in [0.25, 0.3) is 5.69 Å². The number of rotatable bonds is 4. The molecule has 128 valence electrons. The van der Waals surface area contributed by atoms with Crippen LogP contribution in [0.4, 0.5) is 0 Å². The highest BCUT2D eigenvalue weighted by Gasteiger charge is 2.36. The summed E-state index contributed by atoms with van der Waals surface area (Å²) in [6.45, 7) is 0. The molecule has 0 bridgehead atoms. The van der Waals surface area contributed by atoms with E-state index in [-0.39, 0.29) is 23.5 Å². The van der Waals surface area contributed by atoms with Crippen molar-refractivity contribution in [3.8, 4) is 5.69 Å². The lowest BCUT2D eigenvalue weighted by Gasteiger charge is -2.33. The number of hydrogen-bond donors (Lipinski definition) is 0. The van der Waals surface area contributed by atoms with E-state index in [4.69, 9.17) is 0 Å². The Morgan fingerprint density at radius 3 is 2.46 bits per heavy atom. The summed E-state index contributed by atoms with van der Waals surface area (Å²) < 4.78 is 25.5. The van der Waals surface area contributed by atoms with Crippen molar-refractivity contribution < 1.29 is 13.2 Å². The number of amides is 1. The van der Waals surface area contributed by atoms with Gasteiger partial charge < -0.3 is 4.57 Å². The molecule has 1 unspecified atom stereocenters. The SMILES string of the molecule is CN(C)N(C(=O)c1cccc(-n2cccc2)c1)C1CCS(=O)(=O)C1. The van der Waals surface area contributed by atoms with Gasteiger partial charge in [0.05, 0.1) is 17.5 Å². The van der Waals surface area contributed by atoms with Gasteiger partial charge in [0.1, 0.15) is 0 Å². The van der Waals surface area contributed by atoms with Gasteiger partial charge in [-0.05, 0) is 36.8 Å². The van der Waals surface area contributed by atoms with E-state index in [0.717, 1.165) is 5.69 Å². The molecule has 1 aliphatic heterocycles. The van der Waals surface area contributed by atoms with Crippen molar-refractivity contribution in [1.29, 1.82) is 0 Å². The van der Waals surface area contributed by atoms with Crippen LogP contribution in [0.15, 0.2) is 48.8 Å². The van der Waals surface area contributed by atoms with E-state index < -0.39 is 9.84 Å². The highest BCUT2D eigenvalue weighted by atomic mass is 32.2. The molecule has 1 aliphatic rings. The van der Waals surface area contributed by atoms with Crippen LogP contribution < -0.4 is 0 Å². The van der Waals surface area contributed by atoms with Crippen LogP contribution >= 0.6 is 0 Å². The fourth-order valence-electron chi connectivity index (χ4n) is 3.08. The third-order valence-electron chi connectivity index (χ3n) is 4.19. The lowest BCUT2D eigenvalue weighted by molar-refractivity contribution is 0.00101. The molecule has 3 rings (SSSR count). The normalized spacial score (nSPS) is 19.5. The predicted octanol–water partition coefficient (Wildman–Crippen LogP) is 1.58. The molecule has 7 heteroatoms. The highest BCUT2D eigenvalue weighted by molar-refractivity contribution is 7.91. The van der Waals surface area contributed by atoms with Gasteiger partial charge in [0.15, 0.2) is 9.84 Å². The van der Waals surface area contributed by atoms with Crippen LogP contribution in [-0.4, -0.2) is 60.6 Å². The molecule has 0 radical (unpaired) electrons. The standard InChI is InChI=1S/C17H21N3O3S/c1-18(2)20(16-8-11-24(22,23)13-16)17(21)14-6-5-7-15(12-14)19-9-3-4-10-19/h3-7,9-10,12,16H,8,11,13H2,1-2H3. The summed E-state index contributed by atoms with van der Waals surface area (Å²) in [7, 11) is 0.467. The molecule has 1 atom stereocenters. The molecule has 0 N–H and O–H groups in total. The first-order valence-corrected chi connectivity index (χ1v) is 9.64. The van der Waals surface area contributed by atoms with E-state index in [1.165, 1.54) is 0 Å². The van der Waals surface area contributed by atoms with Gasteiger partial charge in [0.25, 0.3) is 5.91 Å². The van der Waals surface area contributed by atoms with Crippen LogP contribution in [0.3, 0.4) is 0 Å². The Hall–Kier alpha value is -2.12. The van der Waals surface area contributed by atoms with Crippen molar-refractivity contribution in [2.24, 2.45) is 0 Å². The summed E-state index contributed by atoms with van der Waals surface area (Å²) in [4.78, 5) is 13.0. The summed E-state index contributed by atoms with van der Waals surface area (Å²) in [5, 5.41) is 3.23. The van der Waals surface area contributed by atoms with Crippen LogP contribution in [0, 0.1) is 0 Å². The van der Waals surface area contributed by atoms with Crippen LogP contribution in [0.5, 0.6) is 0 Å². The number of benzene rings is 1. The lowest BCUT2D eigenvalue weighted by atomic mass is 10.1. The third-order valence-corrected chi connectivity index (χ3v) is 5.94. The van der Waals surface area contributed by atoms with E-state index in [9.17, 15) is 13.2 Å². The van der Waals surface area contributed by atoms with Gasteiger partial charge in [0.2, 0.25) is 0 Å². The average Bonchev–Trinajstić information content (AvgIpc) is 3.17. The maximum absolute atomic E-state index is 13.0. The second-order valence-electron chi connectivity index (χ2n) is 6.19. The molecule has 1 amide bonds. The smallest absolute Gasteiger partial charge is 0.268 e. The van der Waals surface area contributed by atoms with Crippen LogP contribution in [0.1, 0.15) is 16.8 Å². The Balaban J connectivity index is 1.90. The summed E-state index contributed by atoms with van der Waals surface area (Å²) in [6, 6.07) is 10.9. The third kappa shape index (κ3) is 3.37. The fraction of sp³-hybridized carbons (Fsp3) is 0.353. The van der Waals surface area contributed by atoms with E-state index in [0.29, 0.717) is 12.0 Å². The molecule has 1 saturated heterocycles. The summed E-state index contributed by atoms with van der Waals surface area (Å²) in [5.41, 5.74) is 1.43. The first kappa shape index (κ1) is 16.7.